The van der Waals surface area contributed by atoms with E-state index in [1.165, 1.54) is 18.4 Å². The monoisotopic (exact) mass is 393 g/mol. The van der Waals surface area contributed by atoms with Crippen LogP contribution in [0.3, 0.4) is 0 Å². The van der Waals surface area contributed by atoms with Crippen molar-refractivity contribution in [1.29, 1.82) is 0 Å². The molecule has 0 N–H and O–H groups in total. The largest absolute Gasteiger partial charge is 0.447 e. The highest BCUT2D eigenvalue weighted by Crippen LogP contribution is 2.36. The molecule has 1 aliphatic rings. The first-order chi connectivity index (χ1) is 11.5. The average molecular weight is 394 g/mol. The number of benzene rings is 1. The number of unbranched alkanes of at least 4 members (excludes halogenated alkanes) is 2. The number of nitrogens with zero attached hydrogens (tertiary/aromatic N) is 1. The van der Waals surface area contributed by atoms with Gasteiger partial charge in [0.25, 0.3) is 0 Å². The van der Waals surface area contributed by atoms with Crippen molar-refractivity contribution >= 4 is 22.0 Å². The van der Waals surface area contributed by atoms with Crippen molar-refractivity contribution in [3.05, 3.63) is 46.6 Å². The van der Waals surface area contributed by atoms with Crippen molar-refractivity contribution in [3.8, 4) is 0 Å². The average Bonchev–Trinajstić information content (AvgIpc) is 2.87. The number of carbonyl (C=O) groups is 1. The van der Waals surface area contributed by atoms with Crippen molar-refractivity contribution < 1.29 is 9.53 Å². The Morgan fingerprint density at radius 3 is 2.67 bits per heavy atom. The first kappa shape index (κ1) is 19.0. The first-order valence-corrected chi connectivity index (χ1v) is 9.65. The number of rotatable bonds is 8. The van der Waals surface area contributed by atoms with Gasteiger partial charge in [0.15, 0.2) is 0 Å². The lowest BCUT2D eigenvalue weighted by Gasteiger charge is -2.37. The van der Waals surface area contributed by atoms with Gasteiger partial charge in [-0.1, -0.05) is 79.9 Å². The van der Waals surface area contributed by atoms with Crippen molar-refractivity contribution in [2.24, 2.45) is 5.92 Å². The Kier molecular flexibility index (Phi) is 6.90. The van der Waals surface area contributed by atoms with Crippen molar-refractivity contribution in [1.82, 2.24) is 4.90 Å². The van der Waals surface area contributed by atoms with Gasteiger partial charge >= 0.3 is 6.09 Å². The summed E-state index contributed by atoms with van der Waals surface area (Å²) in [6, 6.07) is 10.3. The molecule has 0 unspecified atom stereocenters. The number of cyclic esters (lactones) is 1. The molecular formula is C20H28BrNO2. The quantitative estimate of drug-likeness (QED) is 0.515. The Morgan fingerprint density at radius 2 is 2.04 bits per heavy atom. The third-order valence-corrected chi connectivity index (χ3v) is 5.44. The topological polar surface area (TPSA) is 29.5 Å². The first-order valence-electron chi connectivity index (χ1n) is 8.86. The third kappa shape index (κ3) is 4.41. The van der Waals surface area contributed by atoms with E-state index in [1.807, 2.05) is 29.3 Å². The maximum atomic E-state index is 12.4. The molecule has 1 fully saturated rings. The van der Waals surface area contributed by atoms with E-state index in [0.717, 1.165) is 23.7 Å². The number of ether oxygens (including phenoxy) is 1. The molecule has 0 aromatic heterocycles. The minimum Gasteiger partial charge on any atom is -0.447 e. The van der Waals surface area contributed by atoms with Crippen LogP contribution in [0.5, 0.6) is 0 Å². The van der Waals surface area contributed by atoms with Gasteiger partial charge < -0.3 is 4.74 Å². The number of hydrogen-bond donors (Lipinski definition) is 0. The molecule has 0 saturated carbocycles. The molecule has 4 heteroatoms. The molecule has 3 nitrogen and oxygen atoms in total. The fourth-order valence-electron chi connectivity index (χ4n) is 3.17. The smallest absolute Gasteiger partial charge is 0.414 e. The third-order valence-electron chi connectivity index (χ3n) is 4.84. The van der Waals surface area contributed by atoms with Crippen LogP contribution < -0.4 is 0 Å². The minimum absolute atomic E-state index is 0.243. The summed E-state index contributed by atoms with van der Waals surface area (Å²) in [6.07, 6.45) is 6.98. The second-order valence-corrected chi connectivity index (χ2v) is 7.90. The molecule has 1 aliphatic heterocycles. The highest BCUT2D eigenvalue weighted by molar-refractivity contribution is 9.11. The molecule has 1 aromatic rings. The predicted molar refractivity (Wildman–Crippen MR) is 102 cm³/mol. The Labute approximate surface area is 154 Å². The lowest BCUT2D eigenvalue weighted by atomic mass is 9.80. The van der Waals surface area contributed by atoms with Crippen LogP contribution in [0.25, 0.3) is 0 Å². The van der Waals surface area contributed by atoms with Gasteiger partial charge in [0.1, 0.15) is 6.61 Å². The molecule has 24 heavy (non-hydrogen) atoms. The highest BCUT2D eigenvalue weighted by Gasteiger charge is 2.49. The highest BCUT2D eigenvalue weighted by atomic mass is 79.9. The number of hydrogen-bond acceptors (Lipinski definition) is 2. The minimum atomic E-state index is -0.331. The summed E-state index contributed by atoms with van der Waals surface area (Å²) in [7, 11) is 0. The summed E-state index contributed by atoms with van der Waals surface area (Å²) < 4.78 is 6.53. The molecule has 0 radical (unpaired) electrons. The molecule has 132 valence electrons. The fourth-order valence-corrected chi connectivity index (χ4v) is 3.66. The molecule has 1 amide bonds. The van der Waals surface area contributed by atoms with E-state index in [1.54, 1.807) is 0 Å². The molecule has 0 spiro atoms. The Hall–Kier alpha value is -1.29. The van der Waals surface area contributed by atoms with E-state index < -0.39 is 0 Å². The van der Waals surface area contributed by atoms with Crippen molar-refractivity contribution in [2.45, 2.75) is 58.4 Å². The lowest BCUT2D eigenvalue weighted by Crippen LogP contribution is -2.50. The van der Waals surface area contributed by atoms with Gasteiger partial charge in [-0.2, -0.15) is 0 Å². The van der Waals surface area contributed by atoms with Gasteiger partial charge in [-0.05, 0) is 30.7 Å². The van der Waals surface area contributed by atoms with Crippen LogP contribution in [0, 0.1) is 5.92 Å². The second kappa shape index (κ2) is 8.70. The van der Waals surface area contributed by atoms with E-state index in [0.29, 0.717) is 6.61 Å². The molecule has 1 aromatic carbocycles. The van der Waals surface area contributed by atoms with Crippen LogP contribution in [-0.2, 0) is 11.2 Å². The van der Waals surface area contributed by atoms with Crippen LogP contribution in [0.15, 0.2) is 41.0 Å². The van der Waals surface area contributed by atoms with E-state index >= 15 is 0 Å². The van der Waals surface area contributed by atoms with Gasteiger partial charge in [-0.3, -0.25) is 4.90 Å². The zero-order chi connectivity index (χ0) is 17.6. The molecule has 0 bridgehead atoms. The number of amides is 1. The van der Waals surface area contributed by atoms with E-state index in [2.05, 4.69) is 48.8 Å². The van der Waals surface area contributed by atoms with Crippen LogP contribution in [0.1, 0.15) is 52.0 Å². The maximum Gasteiger partial charge on any atom is 0.414 e. The Balaban J connectivity index is 2.24. The Morgan fingerprint density at radius 1 is 1.33 bits per heavy atom. The molecule has 1 heterocycles. The van der Waals surface area contributed by atoms with Crippen LogP contribution >= 0.6 is 15.9 Å². The van der Waals surface area contributed by atoms with Gasteiger partial charge in [-0.15, -0.1) is 0 Å². The summed E-state index contributed by atoms with van der Waals surface area (Å²) >= 11 is 3.64. The molecule has 0 aliphatic carbocycles. The molecule has 2 rings (SSSR count). The van der Waals surface area contributed by atoms with Gasteiger partial charge in [0, 0.05) is 10.7 Å². The maximum absolute atomic E-state index is 12.4. The van der Waals surface area contributed by atoms with Crippen molar-refractivity contribution in [2.75, 3.05) is 6.61 Å². The standard InChI is InChI=1S/C20H28BrNO2/c1-4-5-7-12-18(21)14-22-19(23)24-15-20(22,16(2)3)13-17-10-8-6-9-11-17/h6,8-11,14,16H,4-5,7,12-13,15H2,1-3H3/b18-14-/t20-/m1/s1. The van der Waals surface area contributed by atoms with Gasteiger partial charge in [-0.25, -0.2) is 4.79 Å². The van der Waals surface area contributed by atoms with Crippen molar-refractivity contribution in [3.63, 3.8) is 0 Å². The SMILES string of the molecule is CCCCC/C(Br)=C/N1C(=O)OC[C@]1(Cc1ccccc1)C(C)C. The predicted octanol–water partition coefficient (Wildman–Crippen LogP) is 5.89. The number of allylic oxidation sites excluding steroid dienone is 1. The normalized spacial score (nSPS) is 21.5. The van der Waals surface area contributed by atoms with E-state index in [4.69, 9.17) is 4.74 Å². The van der Waals surface area contributed by atoms with Gasteiger partial charge in [0.2, 0.25) is 0 Å². The fraction of sp³-hybridized carbons (Fsp3) is 0.550. The number of halogens is 1. The second-order valence-electron chi connectivity index (χ2n) is 6.88. The zero-order valence-electron chi connectivity index (χ0n) is 14.9. The summed E-state index contributed by atoms with van der Waals surface area (Å²) in [4.78, 5) is 14.2. The number of carbonyl (C=O) groups excluding carboxylic acids is 1. The summed E-state index contributed by atoms with van der Waals surface area (Å²) in [5.41, 5.74) is 0.896. The zero-order valence-corrected chi connectivity index (χ0v) is 16.5. The van der Waals surface area contributed by atoms with Gasteiger partial charge in [0.05, 0.1) is 5.54 Å². The summed E-state index contributed by atoms with van der Waals surface area (Å²) in [5.74, 6) is 0.288. The summed E-state index contributed by atoms with van der Waals surface area (Å²) in [5, 5.41) is 0. The van der Waals surface area contributed by atoms with E-state index in [9.17, 15) is 4.79 Å². The molecular weight excluding hydrogens is 366 g/mol. The molecule has 1 saturated heterocycles. The Bertz CT molecular complexity index is 570. The van der Waals surface area contributed by atoms with E-state index in [-0.39, 0.29) is 17.6 Å². The summed E-state index contributed by atoms with van der Waals surface area (Å²) in [6.45, 7) is 6.96. The van der Waals surface area contributed by atoms with Crippen LogP contribution in [0.4, 0.5) is 4.79 Å². The lowest BCUT2D eigenvalue weighted by molar-refractivity contribution is 0.151. The van der Waals surface area contributed by atoms with Crippen LogP contribution in [-0.4, -0.2) is 23.1 Å². The van der Waals surface area contributed by atoms with Crippen LogP contribution in [0.2, 0.25) is 0 Å². The molecule has 1 atom stereocenters.